The monoisotopic (exact) mass is 457 g/mol. The molecule has 0 radical (unpaired) electrons. The van der Waals surface area contributed by atoms with E-state index in [1.54, 1.807) is 29.2 Å². The quantitative estimate of drug-likeness (QED) is 0.641. The van der Waals surface area contributed by atoms with Crippen LogP contribution < -0.4 is 0 Å². The summed E-state index contributed by atoms with van der Waals surface area (Å²) >= 11 is 0. The Hall–Kier alpha value is -1.49. The molecule has 30 heavy (non-hydrogen) atoms. The van der Waals surface area contributed by atoms with Crippen LogP contribution in [0.2, 0.25) is 0 Å². The standard InChI is InChI=1S/C20H31N3O5S2/c1-3-15-29(25,26)23-10-4-5-18(16-23)20(24)21-11-13-22(14-12-21)30(27,28)19-8-6-17(2)7-9-19/h6-9,18H,3-5,10-16H2,1-2H3. The van der Waals surface area contributed by atoms with Gasteiger partial charge in [-0.3, -0.25) is 4.79 Å². The predicted octanol–water partition coefficient (Wildman–Crippen LogP) is 1.28. The molecule has 1 atom stereocenters. The first-order valence-corrected chi connectivity index (χ1v) is 13.5. The van der Waals surface area contributed by atoms with Crippen molar-refractivity contribution < 1.29 is 21.6 Å². The van der Waals surface area contributed by atoms with Crippen LogP contribution in [0.1, 0.15) is 31.7 Å². The Morgan fingerprint density at radius 2 is 1.60 bits per heavy atom. The van der Waals surface area contributed by atoms with E-state index >= 15 is 0 Å². The van der Waals surface area contributed by atoms with Crippen molar-refractivity contribution in [1.29, 1.82) is 0 Å². The van der Waals surface area contributed by atoms with Crippen molar-refractivity contribution in [3.05, 3.63) is 29.8 Å². The number of hydrogen-bond donors (Lipinski definition) is 0. The van der Waals surface area contributed by atoms with E-state index in [-0.39, 0.29) is 42.1 Å². The first kappa shape index (κ1) is 23.2. The van der Waals surface area contributed by atoms with E-state index in [9.17, 15) is 21.6 Å². The van der Waals surface area contributed by atoms with E-state index < -0.39 is 20.0 Å². The fourth-order valence-corrected chi connectivity index (χ4v) is 7.06. The van der Waals surface area contributed by atoms with Gasteiger partial charge in [0, 0.05) is 39.3 Å². The molecule has 2 heterocycles. The lowest BCUT2D eigenvalue weighted by atomic mass is 9.98. The minimum absolute atomic E-state index is 0.0706. The average molecular weight is 458 g/mol. The second-order valence-corrected chi connectivity index (χ2v) is 12.1. The van der Waals surface area contributed by atoms with Crippen molar-refractivity contribution in [3.63, 3.8) is 0 Å². The van der Waals surface area contributed by atoms with Crippen LogP contribution in [-0.4, -0.2) is 81.3 Å². The molecule has 2 aliphatic heterocycles. The van der Waals surface area contributed by atoms with Crippen molar-refractivity contribution in [2.75, 3.05) is 45.0 Å². The summed E-state index contributed by atoms with van der Waals surface area (Å²) in [6, 6.07) is 6.76. The summed E-state index contributed by atoms with van der Waals surface area (Å²) in [5, 5.41) is 0. The van der Waals surface area contributed by atoms with Crippen molar-refractivity contribution in [2.24, 2.45) is 5.92 Å². The van der Waals surface area contributed by atoms with Crippen molar-refractivity contribution in [2.45, 2.75) is 38.0 Å². The molecule has 0 aliphatic carbocycles. The van der Waals surface area contributed by atoms with Crippen LogP contribution in [0.15, 0.2) is 29.2 Å². The SMILES string of the molecule is CCCS(=O)(=O)N1CCCC(C(=O)N2CCN(S(=O)(=O)c3ccc(C)cc3)CC2)C1. The third-order valence-corrected chi connectivity index (χ3v) is 9.75. The van der Waals surface area contributed by atoms with Gasteiger partial charge in [0.1, 0.15) is 0 Å². The lowest BCUT2D eigenvalue weighted by molar-refractivity contribution is -0.137. The van der Waals surface area contributed by atoms with Crippen LogP contribution in [0.4, 0.5) is 0 Å². The Morgan fingerprint density at radius 1 is 0.967 bits per heavy atom. The van der Waals surface area contributed by atoms with Gasteiger partial charge in [0.15, 0.2) is 0 Å². The third kappa shape index (κ3) is 5.04. The smallest absolute Gasteiger partial charge is 0.243 e. The molecule has 0 spiro atoms. The summed E-state index contributed by atoms with van der Waals surface area (Å²) in [4.78, 5) is 14.9. The molecule has 0 bridgehead atoms. The number of piperazine rings is 1. The molecule has 1 unspecified atom stereocenters. The van der Waals surface area contributed by atoms with Crippen LogP contribution in [0.25, 0.3) is 0 Å². The normalized spacial score (nSPS) is 22.2. The van der Waals surface area contributed by atoms with Gasteiger partial charge in [0.25, 0.3) is 0 Å². The highest BCUT2D eigenvalue weighted by Crippen LogP contribution is 2.24. The maximum atomic E-state index is 13.0. The largest absolute Gasteiger partial charge is 0.340 e. The van der Waals surface area contributed by atoms with Gasteiger partial charge in [-0.05, 0) is 38.3 Å². The molecule has 0 aromatic heterocycles. The summed E-state index contributed by atoms with van der Waals surface area (Å²) in [6.07, 6.45) is 1.88. The molecule has 2 fully saturated rings. The maximum Gasteiger partial charge on any atom is 0.243 e. The number of hydrogen-bond acceptors (Lipinski definition) is 5. The van der Waals surface area contributed by atoms with Crippen molar-refractivity contribution in [3.8, 4) is 0 Å². The topological polar surface area (TPSA) is 95.1 Å². The van der Waals surface area contributed by atoms with Gasteiger partial charge < -0.3 is 4.90 Å². The molecule has 1 aromatic carbocycles. The highest BCUT2D eigenvalue weighted by atomic mass is 32.2. The van der Waals surface area contributed by atoms with Crippen LogP contribution in [0.5, 0.6) is 0 Å². The second kappa shape index (κ2) is 9.33. The van der Waals surface area contributed by atoms with Gasteiger partial charge in [-0.25, -0.2) is 21.1 Å². The highest BCUT2D eigenvalue weighted by molar-refractivity contribution is 7.89. The Kier molecular flexibility index (Phi) is 7.21. The number of aryl methyl sites for hydroxylation is 1. The van der Waals surface area contributed by atoms with Gasteiger partial charge in [-0.2, -0.15) is 4.31 Å². The van der Waals surface area contributed by atoms with Gasteiger partial charge in [-0.15, -0.1) is 0 Å². The van der Waals surface area contributed by atoms with Crippen LogP contribution in [0.3, 0.4) is 0 Å². The molecule has 10 heteroatoms. The summed E-state index contributed by atoms with van der Waals surface area (Å²) in [5.41, 5.74) is 0.992. The summed E-state index contributed by atoms with van der Waals surface area (Å²) < 4.78 is 53.3. The Balaban J connectivity index is 1.60. The Bertz CT molecular complexity index is 953. The third-order valence-electron chi connectivity index (χ3n) is 5.80. The van der Waals surface area contributed by atoms with Crippen molar-refractivity contribution in [1.82, 2.24) is 13.5 Å². The van der Waals surface area contributed by atoms with Crippen LogP contribution >= 0.6 is 0 Å². The molecule has 1 aromatic rings. The first-order valence-electron chi connectivity index (χ1n) is 10.5. The number of carbonyl (C=O) groups is 1. The van der Waals surface area contributed by atoms with E-state index in [2.05, 4.69) is 0 Å². The zero-order valence-electron chi connectivity index (χ0n) is 17.7. The molecular weight excluding hydrogens is 426 g/mol. The molecular formula is C20H31N3O5S2. The van der Waals surface area contributed by atoms with Gasteiger partial charge in [0.2, 0.25) is 26.0 Å². The van der Waals surface area contributed by atoms with Crippen molar-refractivity contribution >= 4 is 26.0 Å². The van der Waals surface area contributed by atoms with E-state index in [0.29, 0.717) is 38.9 Å². The lowest BCUT2D eigenvalue weighted by Crippen LogP contribution is -2.54. The maximum absolute atomic E-state index is 13.0. The molecule has 2 aliphatic rings. The van der Waals surface area contributed by atoms with Gasteiger partial charge in [0.05, 0.1) is 16.6 Å². The number of benzene rings is 1. The number of amides is 1. The number of piperidine rings is 1. The molecule has 0 saturated carbocycles. The van der Waals surface area contributed by atoms with E-state index in [0.717, 1.165) is 5.56 Å². The summed E-state index contributed by atoms with van der Waals surface area (Å²) in [6.45, 7) is 5.55. The number of rotatable bonds is 6. The highest BCUT2D eigenvalue weighted by Gasteiger charge is 2.36. The molecule has 3 rings (SSSR count). The van der Waals surface area contributed by atoms with Crippen LogP contribution in [-0.2, 0) is 24.8 Å². The fraction of sp³-hybridized carbons (Fsp3) is 0.650. The van der Waals surface area contributed by atoms with E-state index in [1.165, 1.54) is 8.61 Å². The summed E-state index contributed by atoms with van der Waals surface area (Å²) in [5.74, 6) is -0.326. The Labute approximate surface area is 179 Å². The zero-order chi connectivity index (χ0) is 21.9. The molecule has 1 amide bonds. The van der Waals surface area contributed by atoms with Crippen LogP contribution in [0, 0.1) is 12.8 Å². The Morgan fingerprint density at radius 3 is 2.20 bits per heavy atom. The number of sulfonamides is 2. The zero-order valence-corrected chi connectivity index (χ0v) is 19.3. The number of carbonyl (C=O) groups excluding carboxylic acids is 1. The molecule has 8 nitrogen and oxygen atoms in total. The summed E-state index contributed by atoms with van der Waals surface area (Å²) in [7, 11) is -6.90. The predicted molar refractivity (Wildman–Crippen MR) is 115 cm³/mol. The molecule has 2 saturated heterocycles. The minimum atomic E-state index is -3.58. The molecule has 168 valence electrons. The number of nitrogens with zero attached hydrogens (tertiary/aromatic N) is 3. The van der Waals surface area contributed by atoms with Gasteiger partial charge >= 0.3 is 0 Å². The minimum Gasteiger partial charge on any atom is -0.340 e. The second-order valence-electron chi connectivity index (χ2n) is 8.06. The molecule has 0 N–H and O–H groups in total. The van der Waals surface area contributed by atoms with E-state index in [1.807, 2.05) is 13.8 Å². The fourth-order valence-electron chi connectivity index (χ4n) is 4.05. The average Bonchev–Trinajstić information content (AvgIpc) is 2.74. The first-order chi connectivity index (χ1) is 14.1. The van der Waals surface area contributed by atoms with Gasteiger partial charge in [-0.1, -0.05) is 24.6 Å². The van der Waals surface area contributed by atoms with E-state index in [4.69, 9.17) is 0 Å². The lowest BCUT2D eigenvalue weighted by Gasteiger charge is -2.38.